The molecule has 0 fully saturated rings. The van der Waals surface area contributed by atoms with Gasteiger partial charge in [-0.3, -0.25) is 4.79 Å². The maximum absolute atomic E-state index is 12.1. The van der Waals surface area contributed by atoms with Crippen LogP contribution in [0.15, 0.2) is 42.5 Å². The Hall–Kier alpha value is -2.59. The Balaban J connectivity index is 2.21. The van der Waals surface area contributed by atoms with Crippen molar-refractivity contribution in [3.05, 3.63) is 64.7 Å². The SMILES string of the molecule is COc1cc(/C=C/C(=O)c2ccc(O)c(CO)c2)ccc1C. The Kier molecular flexibility index (Phi) is 4.96. The number of hydrogen-bond acceptors (Lipinski definition) is 4. The van der Waals surface area contributed by atoms with Crippen LogP contribution in [0.3, 0.4) is 0 Å². The molecule has 0 aliphatic carbocycles. The minimum absolute atomic E-state index is 0.0219. The van der Waals surface area contributed by atoms with Crippen molar-refractivity contribution in [3.8, 4) is 11.5 Å². The topological polar surface area (TPSA) is 66.8 Å². The Labute approximate surface area is 129 Å². The second-order valence-electron chi connectivity index (χ2n) is 4.93. The quantitative estimate of drug-likeness (QED) is 0.657. The summed E-state index contributed by atoms with van der Waals surface area (Å²) in [6.07, 6.45) is 3.16. The normalized spacial score (nSPS) is 10.9. The number of carbonyl (C=O) groups excluding carboxylic acids is 1. The van der Waals surface area contributed by atoms with Crippen molar-refractivity contribution in [2.75, 3.05) is 7.11 Å². The highest BCUT2D eigenvalue weighted by Gasteiger charge is 2.06. The maximum atomic E-state index is 12.1. The third kappa shape index (κ3) is 3.54. The first-order valence-electron chi connectivity index (χ1n) is 6.85. The molecule has 2 N–H and O–H groups in total. The lowest BCUT2D eigenvalue weighted by molar-refractivity contribution is 0.104. The molecule has 0 saturated heterocycles. The average molecular weight is 298 g/mol. The zero-order valence-corrected chi connectivity index (χ0v) is 12.5. The number of phenols is 1. The molecule has 22 heavy (non-hydrogen) atoms. The fourth-order valence-corrected chi connectivity index (χ4v) is 2.07. The molecule has 0 heterocycles. The number of benzene rings is 2. The molecule has 2 rings (SSSR count). The lowest BCUT2D eigenvalue weighted by Crippen LogP contribution is -1.96. The van der Waals surface area contributed by atoms with Crippen LogP contribution < -0.4 is 4.74 Å². The van der Waals surface area contributed by atoms with E-state index in [0.717, 1.165) is 16.9 Å². The molecule has 0 radical (unpaired) electrons. The number of hydrogen-bond donors (Lipinski definition) is 2. The Morgan fingerprint density at radius 2 is 2.00 bits per heavy atom. The van der Waals surface area contributed by atoms with Crippen LogP contribution in [0.1, 0.15) is 27.0 Å². The number of rotatable bonds is 5. The van der Waals surface area contributed by atoms with Crippen molar-refractivity contribution < 1.29 is 19.7 Å². The molecule has 0 spiro atoms. The summed E-state index contributed by atoms with van der Waals surface area (Å²) in [6, 6.07) is 10.1. The monoisotopic (exact) mass is 298 g/mol. The van der Waals surface area contributed by atoms with Gasteiger partial charge in [-0.1, -0.05) is 18.2 Å². The number of aliphatic hydroxyl groups excluding tert-OH is 1. The first-order chi connectivity index (χ1) is 10.5. The van der Waals surface area contributed by atoms with Crippen molar-refractivity contribution in [2.24, 2.45) is 0 Å². The van der Waals surface area contributed by atoms with Gasteiger partial charge in [-0.25, -0.2) is 0 Å². The number of ether oxygens (including phenoxy) is 1. The number of allylic oxidation sites excluding steroid dienone is 1. The molecular weight excluding hydrogens is 280 g/mol. The predicted octanol–water partition coefficient (Wildman–Crippen LogP) is 3.10. The standard InChI is InChI=1S/C18H18O4/c1-12-3-4-13(9-18(12)22-2)5-7-16(20)14-6-8-17(21)15(10-14)11-19/h3-10,19,21H,11H2,1-2H3/b7-5+. The van der Waals surface area contributed by atoms with Gasteiger partial charge >= 0.3 is 0 Å². The Bertz CT molecular complexity index is 717. The molecule has 0 unspecified atom stereocenters. The van der Waals surface area contributed by atoms with E-state index in [9.17, 15) is 9.90 Å². The van der Waals surface area contributed by atoms with Crippen molar-refractivity contribution in [1.82, 2.24) is 0 Å². The van der Waals surface area contributed by atoms with E-state index in [0.29, 0.717) is 11.1 Å². The summed E-state index contributed by atoms with van der Waals surface area (Å²) in [5.41, 5.74) is 2.63. The van der Waals surface area contributed by atoms with Gasteiger partial charge in [-0.2, -0.15) is 0 Å². The maximum Gasteiger partial charge on any atom is 0.185 e. The lowest BCUT2D eigenvalue weighted by Gasteiger charge is -2.05. The summed E-state index contributed by atoms with van der Waals surface area (Å²) in [5.74, 6) is 0.544. The second-order valence-corrected chi connectivity index (χ2v) is 4.93. The number of carbonyl (C=O) groups is 1. The lowest BCUT2D eigenvalue weighted by atomic mass is 10.0. The van der Waals surface area contributed by atoms with E-state index in [1.807, 2.05) is 25.1 Å². The minimum Gasteiger partial charge on any atom is -0.508 e. The fraction of sp³-hybridized carbons (Fsp3) is 0.167. The van der Waals surface area contributed by atoms with Gasteiger partial charge in [0, 0.05) is 11.1 Å². The van der Waals surface area contributed by atoms with Crippen LogP contribution in [0.2, 0.25) is 0 Å². The Morgan fingerprint density at radius 1 is 1.23 bits per heavy atom. The van der Waals surface area contributed by atoms with Crippen molar-refractivity contribution in [3.63, 3.8) is 0 Å². The summed E-state index contributed by atoms with van der Waals surface area (Å²) < 4.78 is 5.25. The van der Waals surface area contributed by atoms with Crippen LogP contribution in [-0.4, -0.2) is 23.1 Å². The number of aromatic hydroxyl groups is 1. The average Bonchev–Trinajstić information content (AvgIpc) is 2.54. The van der Waals surface area contributed by atoms with E-state index in [-0.39, 0.29) is 18.1 Å². The van der Waals surface area contributed by atoms with Crippen molar-refractivity contribution >= 4 is 11.9 Å². The van der Waals surface area contributed by atoms with E-state index in [1.165, 1.54) is 24.3 Å². The molecule has 0 aromatic heterocycles. The summed E-state index contributed by atoms with van der Waals surface area (Å²) in [5, 5.41) is 18.6. The molecule has 4 heteroatoms. The molecule has 0 aliphatic rings. The first kappa shape index (κ1) is 15.8. The predicted molar refractivity (Wildman–Crippen MR) is 85.1 cm³/mol. The molecule has 0 bridgehead atoms. The van der Waals surface area contributed by atoms with Crippen LogP contribution in [0.25, 0.3) is 6.08 Å². The highest BCUT2D eigenvalue weighted by molar-refractivity contribution is 6.07. The molecule has 114 valence electrons. The highest BCUT2D eigenvalue weighted by atomic mass is 16.5. The number of aliphatic hydroxyl groups is 1. The molecule has 2 aromatic rings. The van der Waals surface area contributed by atoms with E-state index in [2.05, 4.69) is 0 Å². The molecule has 0 amide bonds. The molecule has 0 atom stereocenters. The third-order valence-corrected chi connectivity index (χ3v) is 3.39. The van der Waals surface area contributed by atoms with Gasteiger partial charge in [-0.05, 0) is 48.4 Å². The number of methoxy groups -OCH3 is 1. The summed E-state index contributed by atoms with van der Waals surface area (Å²) in [4.78, 5) is 12.1. The van der Waals surface area contributed by atoms with Crippen LogP contribution in [0.5, 0.6) is 11.5 Å². The second kappa shape index (κ2) is 6.91. The van der Waals surface area contributed by atoms with Crippen molar-refractivity contribution in [1.29, 1.82) is 0 Å². The fourth-order valence-electron chi connectivity index (χ4n) is 2.07. The minimum atomic E-state index is -0.314. The van der Waals surface area contributed by atoms with Crippen LogP contribution in [0, 0.1) is 6.92 Å². The van der Waals surface area contributed by atoms with Gasteiger partial charge in [0.25, 0.3) is 0 Å². The zero-order chi connectivity index (χ0) is 16.1. The number of aryl methyl sites for hydroxylation is 1. The summed E-state index contributed by atoms with van der Waals surface area (Å²) in [6.45, 7) is 1.64. The van der Waals surface area contributed by atoms with Crippen LogP contribution >= 0.6 is 0 Å². The van der Waals surface area contributed by atoms with Crippen molar-refractivity contribution in [2.45, 2.75) is 13.5 Å². The van der Waals surface area contributed by atoms with E-state index in [4.69, 9.17) is 9.84 Å². The zero-order valence-electron chi connectivity index (χ0n) is 12.5. The van der Waals surface area contributed by atoms with E-state index in [1.54, 1.807) is 13.2 Å². The molecule has 4 nitrogen and oxygen atoms in total. The van der Waals surface area contributed by atoms with Gasteiger partial charge in [0.15, 0.2) is 5.78 Å². The van der Waals surface area contributed by atoms with E-state index >= 15 is 0 Å². The third-order valence-electron chi connectivity index (χ3n) is 3.39. The van der Waals surface area contributed by atoms with Gasteiger partial charge < -0.3 is 14.9 Å². The van der Waals surface area contributed by atoms with Crippen LogP contribution in [-0.2, 0) is 6.61 Å². The highest BCUT2D eigenvalue weighted by Crippen LogP contribution is 2.21. The summed E-state index contributed by atoms with van der Waals surface area (Å²) >= 11 is 0. The van der Waals surface area contributed by atoms with Gasteiger partial charge in [0.1, 0.15) is 11.5 Å². The molecule has 0 saturated carbocycles. The molecule has 0 aliphatic heterocycles. The van der Waals surface area contributed by atoms with Gasteiger partial charge in [0.05, 0.1) is 13.7 Å². The van der Waals surface area contributed by atoms with Crippen LogP contribution in [0.4, 0.5) is 0 Å². The van der Waals surface area contributed by atoms with Gasteiger partial charge in [0.2, 0.25) is 0 Å². The molecule has 2 aromatic carbocycles. The number of ketones is 1. The smallest absolute Gasteiger partial charge is 0.185 e. The summed E-state index contributed by atoms with van der Waals surface area (Å²) in [7, 11) is 1.61. The Morgan fingerprint density at radius 3 is 2.68 bits per heavy atom. The first-order valence-corrected chi connectivity index (χ1v) is 6.85. The van der Waals surface area contributed by atoms with E-state index < -0.39 is 0 Å². The van der Waals surface area contributed by atoms with Gasteiger partial charge in [-0.15, -0.1) is 0 Å². The molecular formula is C18H18O4. The largest absolute Gasteiger partial charge is 0.508 e.